The van der Waals surface area contributed by atoms with E-state index >= 15 is 0 Å². The minimum Gasteiger partial charge on any atom is -0.395 e. The Balaban J connectivity index is 2.13. The molecule has 1 aliphatic carbocycles. The number of rotatable bonds is 4. The van der Waals surface area contributed by atoms with Gasteiger partial charge in [0, 0.05) is 18.3 Å². The van der Waals surface area contributed by atoms with E-state index in [2.05, 4.69) is 16.7 Å². The Morgan fingerprint density at radius 1 is 1.50 bits per heavy atom. The third-order valence-electron chi connectivity index (χ3n) is 4.03. The number of amides is 1. The molecule has 1 saturated carbocycles. The lowest BCUT2D eigenvalue weighted by atomic mass is 9.94. The van der Waals surface area contributed by atoms with Crippen LogP contribution in [-0.2, 0) is 13.5 Å². The molecular weight excluding hydrogens is 272 g/mol. The first-order valence-electron chi connectivity index (χ1n) is 7.23. The second-order valence-corrected chi connectivity index (χ2v) is 6.40. The average molecular weight is 296 g/mol. The predicted molar refractivity (Wildman–Crippen MR) is 84.0 cm³/mol. The van der Waals surface area contributed by atoms with Crippen LogP contribution in [0.25, 0.3) is 0 Å². The predicted octanol–water partition coefficient (Wildman–Crippen LogP) is 1.97. The lowest BCUT2D eigenvalue weighted by Gasteiger charge is -2.30. The normalized spacial score (nSPS) is 22.8. The summed E-state index contributed by atoms with van der Waals surface area (Å²) in [6.07, 6.45) is 7.52. The number of carbonyl (C=O) groups is 1. The Kier molecular flexibility index (Phi) is 4.96. The lowest BCUT2D eigenvalue weighted by molar-refractivity contribution is 0.0920. The van der Waals surface area contributed by atoms with Gasteiger partial charge in [-0.1, -0.05) is 19.8 Å². The Labute approximate surface area is 124 Å². The average Bonchev–Trinajstić information content (AvgIpc) is 2.73. The number of aryl methyl sites for hydroxylation is 2. The van der Waals surface area contributed by atoms with Gasteiger partial charge in [0.15, 0.2) is 0 Å². The first-order chi connectivity index (χ1) is 9.58. The fourth-order valence-corrected chi connectivity index (χ4v) is 3.84. The van der Waals surface area contributed by atoms with Crippen molar-refractivity contribution in [2.45, 2.75) is 50.3 Å². The molecule has 2 unspecified atom stereocenters. The second-order valence-electron chi connectivity index (χ2n) is 5.32. The van der Waals surface area contributed by atoms with Gasteiger partial charge in [-0.05, 0) is 25.5 Å². The van der Waals surface area contributed by atoms with Gasteiger partial charge < -0.3 is 11.1 Å². The van der Waals surface area contributed by atoms with Gasteiger partial charge in [0.05, 0.1) is 11.4 Å². The maximum absolute atomic E-state index is 12.5. The number of anilines is 1. The fourth-order valence-electron chi connectivity index (χ4n) is 2.91. The molecule has 1 amide bonds. The third-order valence-corrected chi connectivity index (χ3v) is 5.20. The van der Waals surface area contributed by atoms with Crippen LogP contribution in [0.4, 0.5) is 5.69 Å². The molecule has 0 saturated heterocycles. The Hall–Kier alpha value is -1.17. The van der Waals surface area contributed by atoms with Crippen molar-refractivity contribution in [3.05, 3.63) is 11.4 Å². The summed E-state index contributed by atoms with van der Waals surface area (Å²) in [6.45, 7) is 1.99. The van der Waals surface area contributed by atoms with Gasteiger partial charge in [-0.2, -0.15) is 16.9 Å². The van der Waals surface area contributed by atoms with E-state index < -0.39 is 0 Å². The molecule has 20 heavy (non-hydrogen) atoms. The van der Waals surface area contributed by atoms with E-state index in [1.54, 1.807) is 11.7 Å². The van der Waals surface area contributed by atoms with E-state index in [4.69, 9.17) is 5.73 Å². The van der Waals surface area contributed by atoms with Gasteiger partial charge in [-0.3, -0.25) is 9.48 Å². The number of carbonyl (C=O) groups excluding carboxylic acids is 1. The molecule has 0 aliphatic heterocycles. The van der Waals surface area contributed by atoms with Gasteiger partial charge in [-0.15, -0.1) is 0 Å². The minimum atomic E-state index is -0.0943. The number of nitrogens with one attached hydrogen (secondary N) is 1. The van der Waals surface area contributed by atoms with Crippen molar-refractivity contribution in [3.63, 3.8) is 0 Å². The summed E-state index contributed by atoms with van der Waals surface area (Å²) in [5.74, 6) is -0.0943. The number of hydrogen-bond acceptors (Lipinski definition) is 4. The second kappa shape index (κ2) is 6.52. The number of nitrogen functional groups attached to an aromatic ring is 1. The van der Waals surface area contributed by atoms with Crippen molar-refractivity contribution in [1.29, 1.82) is 0 Å². The molecular formula is C14H24N4OS. The standard InChI is InChI=1S/C14H24N4OS/c1-4-9-12(15)13(18(2)17-9)14(19)16-10-7-5-6-8-11(10)20-3/h10-11H,4-8,15H2,1-3H3,(H,16,19). The van der Waals surface area contributed by atoms with Crippen molar-refractivity contribution in [2.75, 3.05) is 12.0 Å². The van der Waals surface area contributed by atoms with Crippen LogP contribution < -0.4 is 11.1 Å². The number of aromatic nitrogens is 2. The maximum Gasteiger partial charge on any atom is 0.271 e. The van der Waals surface area contributed by atoms with Crippen LogP contribution in [0, 0.1) is 0 Å². The number of hydrogen-bond donors (Lipinski definition) is 2. The molecule has 0 aromatic carbocycles. The number of nitrogens with two attached hydrogens (primary N) is 1. The fraction of sp³-hybridized carbons (Fsp3) is 0.714. The summed E-state index contributed by atoms with van der Waals surface area (Å²) in [5, 5.41) is 7.97. The zero-order valence-corrected chi connectivity index (χ0v) is 13.3. The molecule has 0 spiro atoms. The van der Waals surface area contributed by atoms with Gasteiger partial charge in [0.1, 0.15) is 5.69 Å². The van der Waals surface area contributed by atoms with Crippen molar-refractivity contribution in [3.8, 4) is 0 Å². The van der Waals surface area contributed by atoms with E-state index in [-0.39, 0.29) is 11.9 Å². The van der Waals surface area contributed by atoms with Crippen LogP contribution in [0.5, 0.6) is 0 Å². The van der Waals surface area contributed by atoms with E-state index in [1.165, 1.54) is 19.3 Å². The monoisotopic (exact) mass is 296 g/mol. The largest absolute Gasteiger partial charge is 0.395 e. The molecule has 1 heterocycles. The lowest BCUT2D eigenvalue weighted by Crippen LogP contribution is -2.44. The van der Waals surface area contributed by atoms with E-state index in [0.29, 0.717) is 16.6 Å². The summed E-state index contributed by atoms with van der Waals surface area (Å²) < 4.78 is 1.60. The highest BCUT2D eigenvalue weighted by molar-refractivity contribution is 7.99. The highest BCUT2D eigenvalue weighted by Gasteiger charge is 2.28. The smallest absolute Gasteiger partial charge is 0.271 e. The summed E-state index contributed by atoms with van der Waals surface area (Å²) in [4.78, 5) is 12.5. The third kappa shape index (κ3) is 2.95. The zero-order chi connectivity index (χ0) is 14.7. The van der Waals surface area contributed by atoms with Crippen LogP contribution in [0.15, 0.2) is 0 Å². The van der Waals surface area contributed by atoms with Crippen LogP contribution in [0.3, 0.4) is 0 Å². The Bertz CT molecular complexity index is 486. The van der Waals surface area contributed by atoms with Gasteiger partial charge in [0.25, 0.3) is 5.91 Å². The Morgan fingerprint density at radius 3 is 2.80 bits per heavy atom. The van der Waals surface area contributed by atoms with Gasteiger partial charge >= 0.3 is 0 Å². The molecule has 112 valence electrons. The van der Waals surface area contributed by atoms with Crippen molar-refractivity contribution >= 4 is 23.4 Å². The van der Waals surface area contributed by atoms with E-state index in [0.717, 1.165) is 18.5 Å². The Morgan fingerprint density at radius 2 is 2.20 bits per heavy atom. The number of thioether (sulfide) groups is 1. The highest BCUT2D eigenvalue weighted by atomic mass is 32.2. The van der Waals surface area contributed by atoms with Crippen molar-refractivity contribution in [1.82, 2.24) is 15.1 Å². The van der Waals surface area contributed by atoms with Crippen molar-refractivity contribution in [2.24, 2.45) is 7.05 Å². The molecule has 1 aliphatic rings. The van der Waals surface area contributed by atoms with Crippen LogP contribution in [0.1, 0.15) is 48.8 Å². The summed E-state index contributed by atoms with van der Waals surface area (Å²) in [5.41, 5.74) is 7.84. The van der Waals surface area contributed by atoms with Crippen molar-refractivity contribution < 1.29 is 4.79 Å². The van der Waals surface area contributed by atoms with Crippen LogP contribution >= 0.6 is 11.8 Å². The quantitative estimate of drug-likeness (QED) is 0.891. The molecule has 0 bridgehead atoms. The molecule has 2 atom stereocenters. The first kappa shape index (κ1) is 15.2. The van der Waals surface area contributed by atoms with Crippen LogP contribution in [-0.4, -0.2) is 33.2 Å². The molecule has 6 heteroatoms. The van der Waals surface area contributed by atoms with Gasteiger partial charge in [-0.25, -0.2) is 0 Å². The summed E-state index contributed by atoms with van der Waals surface area (Å²) >= 11 is 1.84. The topological polar surface area (TPSA) is 72.9 Å². The van der Waals surface area contributed by atoms with E-state index in [1.807, 2.05) is 18.7 Å². The molecule has 0 radical (unpaired) electrons. The molecule has 2 rings (SSSR count). The summed E-state index contributed by atoms with van der Waals surface area (Å²) in [7, 11) is 1.78. The molecule has 1 aromatic rings. The highest BCUT2D eigenvalue weighted by Crippen LogP contribution is 2.27. The maximum atomic E-state index is 12.5. The number of nitrogens with zero attached hydrogens (tertiary/aromatic N) is 2. The molecule has 5 nitrogen and oxygen atoms in total. The van der Waals surface area contributed by atoms with Gasteiger partial charge in [0.2, 0.25) is 0 Å². The van der Waals surface area contributed by atoms with Crippen LogP contribution in [0.2, 0.25) is 0 Å². The molecule has 3 N–H and O–H groups in total. The summed E-state index contributed by atoms with van der Waals surface area (Å²) in [6, 6.07) is 0.241. The van der Waals surface area contributed by atoms with E-state index in [9.17, 15) is 4.79 Å². The molecule has 1 aromatic heterocycles. The first-order valence-corrected chi connectivity index (χ1v) is 8.52. The zero-order valence-electron chi connectivity index (χ0n) is 12.5. The molecule has 1 fully saturated rings. The SMILES string of the molecule is CCc1nn(C)c(C(=O)NC2CCCCC2SC)c1N. The minimum absolute atomic E-state index is 0.0943.